The van der Waals surface area contributed by atoms with E-state index in [0.717, 1.165) is 25.9 Å². The number of piperidine rings is 1. The minimum absolute atomic E-state index is 0.114. The Morgan fingerprint density at radius 2 is 1.82 bits per heavy atom. The average Bonchev–Trinajstić information content (AvgIpc) is 3.38. The summed E-state index contributed by atoms with van der Waals surface area (Å²) in [5, 5.41) is 8.66. The number of aromatic nitrogens is 8. The van der Waals surface area contributed by atoms with Gasteiger partial charge in [-0.25, -0.2) is 19.5 Å². The molecule has 17 heteroatoms. The van der Waals surface area contributed by atoms with E-state index in [1.165, 1.54) is 25.1 Å². The standard InChI is InChI=1S/C23H25ClN10O5S/c1-37-17-5-3-4-16(29-17)19-30-31-23(32-40(35)36)34(19)18-20(38-2)27-13-28-21(18)39-12-14-6-8-33(9-7-14)22-25-10-15(24)11-26-22/h3-5,10-11,13-14H,6-9,12H2,1-2H3,(H,31,32)(H,35,36)/p-1. The van der Waals surface area contributed by atoms with E-state index in [9.17, 15) is 8.76 Å². The topological polar surface area (TPSA) is 178 Å². The Hall–Kier alpha value is -4.15. The van der Waals surface area contributed by atoms with Crippen molar-refractivity contribution in [1.29, 1.82) is 0 Å². The van der Waals surface area contributed by atoms with Crippen LogP contribution in [0.3, 0.4) is 0 Å². The molecule has 1 aliphatic heterocycles. The van der Waals surface area contributed by atoms with Crippen molar-refractivity contribution in [2.75, 3.05) is 43.5 Å². The zero-order valence-corrected chi connectivity index (χ0v) is 23.0. The van der Waals surface area contributed by atoms with Gasteiger partial charge in [-0.3, -0.25) is 8.93 Å². The molecule has 0 bridgehead atoms. The summed E-state index contributed by atoms with van der Waals surface area (Å²) >= 11 is 3.20. The van der Waals surface area contributed by atoms with Crippen molar-refractivity contribution in [3.05, 3.63) is 41.9 Å². The Morgan fingerprint density at radius 1 is 1.07 bits per heavy atom. The largest absolute Gasteiger partial charge is 0.755 e. The first-order chi connectivity index (χ1) is 19.5. The van der Waals surface area contributed by atoms with E-state index in [1.54, 1.807) is 30.6 Å². The molecule has 40 heavy (non-hydrogen) atoms. The molecule has 0 amide bonds. The molecular formula is C23H24ClN10O5S-. The van der Waals surface area contributed by atoms with E-state index in [0.29, 0.717) is 29.2 Å². The Balaban J connectivity index is 1.43. The second-order valence-electron chi connectivity index (χ2n) is 8.56. The first-order valence-electron chi connectivity index (χ1n) is 12.0. The molecule has 0 aromatic carbocycles. The van der Waals surface area contributed by atoms with Crippen LogP contribution >= 0.6 is 11.6 Å². The second-order valence-corrected chi connectivity index (χ2v) is 9.67. The molecule has 1 atom stereocenters. The fraction of sp³-hybridized carbons (Fsp3) is 0.348. The molecule has 15 nitrogen and oxygen atoms in total. The van der Waals surface area contributed by atoms with Crippen molar-refractivity contribution in [3.8, 4) is 34.8 Å². The van der Waals surface area contributed by atoms with Gasteiger partial charge in [0, 0.05) is 30.4 Å². The van der Waals surface area contributed by atoms with Crippen LogP contribution in [0.2, 0.25) is 5.02 Å². The lowest BCUT2D eigenvalue weighted by molar-refractivity contribution is 0.214. The van der Waals surface area contributed by atoms with Gasteiger partial charge in [0.05, 0.1) is 38.2 Å². The number of rotatable bonds is 10. The van der Waals surface area contributed by atoms with Crippen molar-refractivity contribution < 1.29 is 23.0 Å². The minimum atomic E-state index is -2.71. The van der Waals surface area contributed by atoms with Crippen molar-refractivity contribution in [2.45, 2.75) is 12.8 Å². The van der Waals surface area contributed by atoms with Crippen molar-refractivity contribution in [2.24, 2.45) is 5.92 Å². The average molecular weight is 588 g/mol. The Kier molecular flexibility index (Phi) is 8.47. The van der Waals surface area contributed by atoms with Crippen molar-refractivity contribution in [3.63, 3.8) is 0 Å². The highest BCUT2D eigenvalue weighted by Gasteiger charge is 2.27. The van der Waals surface area contributed by atoms with Gasteiger partial charge in [0.15, 0.2) is 11.5 Å². The van der Waals surface area contributed by atoms with E-state index in [4.69, 9.17) is 25.8 Å². The number of halogens is 1. The van der Waals surface area contributed by atoms with Crippen molar-refractivity contribution in [1.82, 2.24) is 39.7 Å². The van der Waals surface area contributed by atoms with Gasteiger partial charge in [0.1, 0.15) is 12.0 Å². The van der Waals surface area contributed by atoms with Gasteiger partial charge in [-0.2, -0.15) is 9.97 Å². The van der Waals surface area contributed by atoms with Crippen LogP contribution in [0.4, 0.5) is 11.9 Å². The summed E-state index contributed by atoms with van der Waals surface area (Å²) in [6.07, 6.45) is 6.11. The van der Waals surface area contributed by atoms with Crippen LogP contribution in [0, 0.1) is 5.92 Å². The molecule has 5 rings (SSSR count). The lowest BCUT2D eigenvalue weighted by Gasteiger charge is -2.31. The first-order valence-corrected chi connectivity index (χ1v) is 13.5. The quantitative estimate of drug-likeness (QED) is 0.267. The zero-order valence-electron chi connectivity index (χ0n) is 21.4. The van der Waals surface area contributed by atoms with Gasteiger partial charge in [0.2, 0.25) is 29.5 Å². The Morgan fingerprint density at radius 3 is 2.52 bits per heavy atom. The van der Waals surface area contributed by atoms with Crippen LogP contribution in [0.5, 0.6) is 17.6 Å². The highest BCUT2D eigenvalue weighted by molar-refractivity contribution is 7.80. The molecule has 0 spiro atoms. The molecule has 1 saturated heterocycles. The smallest absolute Gasteiger partial charge is 0.245 e. The fourth-order valence-corrected chi connectivity index (χ4v) is 4.59. The van der Waals surface area contributed by atoms with E-state index < -0.39 is 11.3 Å². The van der Waals surface area contributed by atoms with E-state index in [1.807, 2.05) is 0 Å². The van der Waals surface area contributed by atoms with Gasteiger partial charge < -0.3 is 23.7 Å². The van der Waals surface area contributed by atoms with E-state index in [2.05, 4.69) is 44.7 Å². The second kappa shape index (κ2) is 12.4. The molecule has 1 aliphatic rings. The molecule has 0 radical (unpaired) electrons. The molecular weight excluding hydrogens is 564 g/mol. The van der Waals surface area contributed by atoms with Crippen LogP contribution < -0.4 is 23.8 Å². The number of methoxy groups -OCH3 is 2. The highest BCUT2D eigenvalue weighted by atomic mass is 35.5. The predicted octanol–water partition coefficient (Wildman–Crippen LogP) is 2.08. The van der Waals surface area contributed by atoms with Crippen LogP contribution in [-0.2, 0) is 11.3 Å². The lowest BCUT2D eigenvalue weighted by Crippen LogP contribution is -2.36. The zero-order chi connectivity index (χ0) is 28.1. The summed E-state index contributed by atoms with van der Waals surface area (Å²) in [6.45, 7) is 1.83. The SMILES string of the molecule is COc1cccc(-c2nnc(NS(=O)[O-])n2-c2c(OC)ncnc2OCC2CCN(c3ncc(Cl)cn3)CC2)n1. The van der Waals surface area contributed by atoms with Crippen LogP contribution in [0.1, 0.15) is 12.8 Å². The summed E-state index contributed by atoms with van der Waals surface area (Å²) in [5.74, 6) is 1.49. The number of pyridine rings is 1. The molecule has 5 heterocycles. The van der Waals surface area contributed by atoms with Gasteiger partial charge in [-0.05, 0) is 24.8 Å². The third-order valence-corrected chi connectivity index (χ3v) is 6.68. The van der Waals surface area contributed by atoms with E-state index >= 15 is 0 Å². The lowest BCUT2D eigenvalue weighted by atomic mass is 9.98. The first kappa shape index (κ1) is 27.4. The Labute approximate surface area is 236 Å². The molecule has 210 valence electrons. The van der Waals surface area contributed by atoms with Crippen LogP contribution in [0.15, 0.2) is 36.9 Å². The molecule has 4 aromatic rings. The minimum Gasteiger partial charge on any atom is -0.755 e. The van der Waals surface area contributed by atoms with Gasteiger partial charge in [-0.1, -0.05) is 17.7 Å². The summed E-state index contributed by atoms with van der Waals surface area (Å²) in [5.41, 5.74) is 0.555. The Bertz CT molecular complexity index is 1480. The number of anilines is 2. The fourth-order valence-electron chi connectivity index (χ4n) is 4.21. The van der Waals surface area contributed by atoms with Crippen LogP contribution in [-0.4, -0.2) is 82.4 Å². The molecule has 0 saturated carbocycles. The summed E-state index contributed by atoms with van der Waals surface area (Å²) in [4.78, 5) is 23.6. The molecule has 0 aliphatic carbocycles. The summed E-state index contributed by atoms with van der Waals surface area (Å²) < 4.78 is 43.7. The van der Waals surface area contributed by atoms with Gasteiger partial charge >= 0.3 is 0 Å². The number of hydrogen-bond acceptors (Lipinski definition) is 13. The van der Waals surface area contributed by atoms with Crippen LogP contribution in [0.25, 0.3) is 17.2 Å². The molecule has 4 aromatic heterocycles. The van der Waals surface area contributed by atoms with Gasteiger partial charge in [-0.15, -0.1) is 10.2 Å². The van der Waals surface area contributed by atoms with E-state index in [-0.39, 0.29) is 35.1 Å². The normalized spacial score (nSPS) is 14.6. The predicted molar refractivity (Wildman–Crippen MR) is 143 cm³/mol. The summed E-state index contributed by atoms with van der Waals surface area (Å²) in [6, 6.07) is 5.06. The third kappa shape index (κ3) is 6.03. The maximum absolute atomic E-state index is 11.6. The maximum atomic E-state index is 11.6. The number of hydrogen-bond donors (Lipinski definition) is 1. The monoisotopic (exact) mass is 587 g/mol. The maximum Gasteiger partial charge on any atom is 0.245 e. The summed E-state index contributed by atoms with van der Waals surface area (Å²) in [7, 11) is 2.91. The van der Waals surface area contributed by atoms with Crippen molar-refractivity contribution >= 4 is 34.8 Å². The molecule has 1 fully saturated rings. The number of nitrogens with zero attached hydrogens (tertiary/aromatic N) is 9. The molecule has 1 unspecified atom stereocenters. The highest BCUT2D eigenvalue weighted by Crippen LogP contribution is 2.35. The number of nitrogens with one attached hydrogen (secondary N) is 1. The number of ether oxygens (including phenoxy) is 3. The third-order valence-electron chi connectivity index (χ3n) is 6.13. The van der Waals surface area contributed by atoms with Gasteiger partial charge in [0.25, 0.3) is 0 Å². The molecule has 1 N–H and O–H groups in total.